The SMILES string of the molecule is COc1ccccc1N1CCN(Cc2ccccc2)CC1.Cl. The molecular weight excluding hydrogens is 296 g/mol. The van der Waals surface area contributed by atoms with Gasteiger partial charge in [0.15, 0.2) is 0 Å². The van der Waals surface area contributed by atoms with E-state index in [1.165, 1.54) is 11.3 Å². The van der Waals surface area contributed by atoms with E-state index >= 15 is 0 Å². The van der Waals surface area contributed by atoms with Gasteiger partial charge in [0.2, 0.25) is 0 Å². The topological polar surface area (TPSA) is 15.7 Å². The number of benzene rings is 2. The van der Waals surface area contributed by atoms with E-state index in [0.717, 1.165) is 38.5 Å². The van der Waals surface area contributed by atoms with Crippen LogP contribution in [-0.4, -0.2) is 38.2 Å². The highest BCUT2D eigenvalue weighted by molar-refractivity contribution is 5.85. The van der Waals surface area contributed by atoms with Gasteiger partial charge in [-0.05, 0) is 17.7 Å². The van der Waals surface area contributed by atoms with Gasteiger partial charge in [0, 0.05) is 32.7 Å². The summed E-state index contributed by atoms with van der Waals surface area (Å²) in [5.74, 6) is 0.967. The Morgan fingerprint density at radius 3 is 2.18 bits per heavy atom. The smallest absolute Gasteiger partial charge is 0.142 e. The van der Waals surface area contributed by atoms with E-state index in [-0.39, 0.29) is 12.4 Å². The molecular formula is C18H23ClN2O. The number of rotatable bonds is 4. The lowest BCUT2D eigenvalue weighted by molar-refractivity contribution is 0.249. The molecule has 0 bridgehead atoms. The third kappa shape index (κ3) is 3.93. The van der Waals surface area contributed by atoms with Crippen LogP contribution in [0, 0.1) is 0 Å². The summed E-state index contributed by atoms with van der Waals surface area (Å²) in [6.07, 6.45) is 0. The average Bonchev–Trinajstić information content (AvgIpc) is 2.56. The van der Waals surface area contributed by atoms with Crippen LogP contribution >= 0.6 is 12.4 Å². The van der Waals surface area contributed by atoms with Gasteiger partial charge in [0.05, 0.1) is 12.8 Å². The van der Waals surface area contributed by atoms with Crippen LogP contribution in [0.4, 0.5) is 5.69 Å². The number of nitrogens with zero attached hydrogens (tertiary/aromatic N) is 2. The summed E-state index contributed by atoms with van der Waals surface area (Å²) < 4.78 is 5.47. The Bertz CT molecular complexity index is 568. The molecule has 0 aromatic heterocycles. The summed E-state index contributed by atoms with van der Waals surface area (Å²) in [7, 11) is 1.74. The van der Waals surface area contributed by atoms with Crippen molar-refractivity contribution in [1.82, 2.24) is 4.90 Å². The van der Waals surface area contributed by atoms with Gasteiger partial charge < -0.3 is 9.64 Å². The Balaban J connectivity index is 0.00000176. The van der Waals surface area contributed by atoms with E-state index < -0.39 is 0 Å². The molecule has 3 nitrogen and oxygen atoms in total. The summed E-state index contributed by atoms with van der Waals surface area (Å²) in [4.78, 5) is 4.93. The molecule has 0 saturated carbocycles. The quantitative estimate of drug-likeness (QED) is 0.859. The molecule has 1 saturated heterocycles. The molecule has 0 amide bonds. The summed E-state index contributed by atoms with van der Waals surface area (Å²) in [6.45, 7) is 5.32. The molecule has 0 N–H and O–H groups in total. The van der Waals surface area contributed by atoms with Crippen molar-refractivity contribution >= 4 is 18.1 Å². The van der Waals surface area contributed by atoms with Crippen LogP contribution in [0.5, 0.6) is 5.75 Å². The van der Waals surface area contributed by atoms with Crippen molar-refractivity contribution in [2.45, 2.75) is 6.54 Å². The Labute approximate surface area is 138 Å². The molecule has 2 aromatic carbocycles. The van der Waals surface area contributed by atoms with Gasteiger partial charge in [0.25, 0.3) is 0 Å². The second-order valence-corrected chi connectivity index (χ2v) is 5.42. The van der Waals surface area contributed by atoms with Gasteiger partial charge in [-0.3, -0.25) is 4.90 Å². The highest BCUT2D eigenvalue weighted by Gasteiger charge is 2.19. The van der Waals surface area contributed by atoms with Gasteiger partial charge in [-0.25, -0.2) is 0 Å². The molecule has 0 unspecified atom stereocenters. The fourth-order valence-electron chi connectivity index (χ4n) is 2.88. The van der Waals surface area contributed by atoms with Crippen molar-refractivity contribution in [1.29, 1.82) is 0 Å². The van der Waals surface area contributed by atoms with E-state index in [9.17, 15) is 0 Å². The molecule has 0 atom stereocenters. The third-order valence-electron chi connectivity index (χ3n) is 4.05. The molecule has 118 valence electrons. The number of piperazine rings is 1. The minimum atomic E-state index is 0. The highest BCUT2D eigenvalue weighted by atomic mass is 35.5. The van der Waals surface area contributed by atoms with Crippen molar-refractivity contribution < 1.29 is 4.74 Å². The fraction of sp³-hybridized carbons (Fsp3) is 0.333. The molecule has 22 heavy (non-hydrogen) atoms. The fourth-order valence-corrected chi connectivity index (χ4v) is 2.88. The van der Waals surface area contributed by atoms with Crippen molar-refractivity contribution in [3.8, 4) is 5.75 Å². The van der Waals surface area contributed by atoms with Crippen molar-refractivity contribution in [3.63, 3.8) is 0 Å². The summed E-state index contributed by atoms with van der Waals surface area (Å²) in [5.41, 5.74) is 2.60. The maximum atomic E-state index is 5.47. The van der Waals surface area contributed by atoms with Gasteiger partial charge in [-0.2, -0.15) is 0 Å². The summed E-state index contributed by atoms with van der Waals surface area (Å²) in [6, 6.07) is 19.0. The molecule has 0 spiro atoms. The minimum Gasteiger partial charge on any atom is -0.495 e. The first-order chi connectivity index (χ1) is 10.4. The number of hydrogen-bond acceptors (Lipinski definition) is 3. The summed E-state index contributed by atoms with van der Waals surface area (Å²) in [5, 5.41) is 0. The van der Waals surface area contributed by atoms with Crippen LogP contribution in [-0.2, 0) is 6.54 Å². The number of methoxy groups -OCH3 is 1. The van der Waals surface area contributed by atoms with E-state index in [0.29, 0.717) is 0 Å². The first-order valence-electron chi connectivity index (χ1n) is 7.51. The maximum absolute atomic E-state index is 5.47. The van der Waals surface area contributed by atoms with Crippen LogP contribution in [0.3, 0.4) is 0 Å². The Morgan fingerprint density at radius 2 is 1.50 bits per heavy atom. The molecule has 1 aliphatic heterocycles. The predicted molar refractivity (Wildman–Crippen MR) is 94.2 cm³/mol. The molecule has 0 radical (unpaired) electrons. The largest absolute Gasteiger partial charge is 0.495 e. The van der Waals surface area contributed by atoms with Crippen molar-refractivity contribution in [2.75, 3.05) is 38.2 Å². The monoisotopic (exact) mass is 318 g/mol. The number of para-hydroxylation sites is 2. The van der Waals surface area contributed by atoms with Gasteiger partial charge in [-0.1, -0.05) is 42.5 Å². The van der Waals surface area contributed by atoms with Crippen molar-refractivity contribution in [2.24, 2.45) is 0 Å². The molecule has 3 rings (SSSR count). The zero-order chi connectivity index (χ0) is 14.5. The summed E-state index contributed by atoms with van der Waals surface area (Å²) >= 11 is 0. The van der Waals surface area contributed by atoms with Crippen LogP contribution < -0.4 is 9.64 Å². The molecule has 0 aliphatic carbocycles. The Morgan fingerprint density at radius 1 is 0.864 bits per heavy atom. The molecule has 1 heterocycles. The third-order valence-corrected chi connectivity index (χ3v) is 4.05. The lowest BCUT2D eigenvalue weighted by Crippen LogP contribution is -2.46. The van der Waals surface area contributed by atoms with E-state index in [1.807, 2.05) is 12.1 Å². The van der Waals surface area contributed by atoms with Crippen LogP contribution in [0.2, 0.25) is 0 Å². The highest BCUT2D eigenvalue weighted by Crippen LogP contribution is 2.28. The van der Waals surface area contributed by atoms with Gasteiger partial charge >= 0.3 is 0 Å². The van der Waals surface area contributed by atoms with E-state index in [2.05, 4.69) is 52.3 Å². The second kappa shape index (κ2) is 8.06. The molecule has 2 aromatic rings. The predicted octanol–water partition coefficient (Wildman–Crippen LogP) is 3.44. The van der Waals surface area contributed by atoms with Crippen LogP contribution in [0.25, 0.3) is 0 Å². The number of hydrogen-bond donors (Lipinski definition) is 0. The zero-order valence-electron chi connectivity index (χ0n) is 12.9. The first-order valence-corrected chi connectivity index (χ1v) is 7.51. The van der Waals surface area contributed by atoms with Crippen molar-refractivity contribution in [3.05, 3.63) is 60.2 Å². The standard InChI is InChI=1S/C18H22N2O.ClH/c1-21-18-10-6-5-9-17(18)20-13-11-19(12-14-20)15-16-7-3-2-4-8-16;/h2-10H,11-15H2,1H3;1H. The molecule has 1 fully saturated rings. The average molecular weight is 319 g/mol. The lowest BCUT2D eigenvalue weighted by Gasteiger charge is -2.36. The minimum absolute atomic E-state index is 0. The Kier molecular flexibility index (Phi) is 6.10. The normalized spacial score (nSPS) is 15.2. The Hall–Kier alpha value is -1.71. The van der Waals surface area contributed by atoms with E-state index in [1.54, 1.807) is 7.11 Å². The zero-order valence-corrected chi connectivity index (χ0v) is 13.8. The number of ether oxygens (including phenoxy) is 1. The number of anilines is 1. The molecule has 1 aliphatic rings. The van der Waals surface area contributed by atoms with Gasteiger partial charge in [0.1, 0.15) is 5.75 Å². The first kappa shape index (κ1) is 16.7. The maximum Gasteiger partial charge on any atom is 0.142 e. The van der Waals surface area contributed by atoms with Crippen LogP contribution in [0.1, 0.15) is 5.56 Å². The second-order valence-electron chi connectivity index (χ2n) is 5.42. The van der Waals surface area contributed by atoms with Crippen LogP contribution in [0.15, 0.2) is 54.6 Å². The van der Waals surface area contributed by atoms with E-state index in [4.69, 9.17) is 4.74 Å². The number of halogens is 1. The molecule has 4 heteroatoms. The van der Waals surface area contributed by atoms with Gasteiger partial charge in [-0.15, -0.1) is 12.4 Å². The lowest BCUT2D eigenvalue weighted by atomic mass is 10.2.